The van der Waals surface area contributed by atoms with E-state index in [0.717, 1.165) is 0 Å². The lowest BCUT2D eigenvalue weighted by Crippen LogP contribution is -3.11. The first kappa shape index (κ1) is 19.2. The standard InChI is InChI=1S/C17H16Cl2FN3O2/c1-23(9-15(24)21-12-7-5-11(20)6-8-12)10-16(25)22-17-13(18)3-2-4-14(17)19/h2-8H,9-10H2,1H3,(H,21,24)(H,22,25)/p+1. The van der Waals surface area contributed by atoms with E-state index < -0.39 is 0 Å². The normalized spacial score (nSPS) is 11.7. The molecule has 5 nitrogen and oxygen atoms in total. The molecule has 2 amide bonds. The molecule has 1 atom stereocenters. The molecule has 0 spiro atoms. The Morgan fingerprint density at radius 1 is 0.960 bits per heavy atom. The van der Waals surface area contributed by atoms with Crippen LogP contribution in [0.2, 0.25) is 10.0 Å². The molecule has 25 heavy (non-hydrogen) atoms. The van der Waals surface area contributed by atoms with Gasteiger partial charge in [0.2, 0.25) is 0 Å². The molecule has 2 aromatic rings. The average Bonchev–Trinajstić information content (AvgIpc) is 2.53. The maximum absolute atomic E-state index is 12.8. The zero-order valence-corrected chi connectivity index (χ0v) is 14.9. The number of benzene rings is 2. The van der Waals surface area contributed by atoms with Crippen LogP contribution < -0.4 is 15.5 Å². The summed E-state index contributed by atoms with van der Waals surface area (Å²) in [5.74, 6) is -0.981. The summed E-state index contributed by atoms with van der Waals surface area (Å²) in [6.07, 6.45) is 0. The minimum Gasteiger partial charge on any atom is -0.322 e. The molecule has 0 aliphatic rings. The summed E-state index contributed by atoms with van der Waals surface area (Å²) >= 11 is 12.0. The van der Waals surface area contributed by atoms with Crippen molar-refractivity contribution >= 4 is 46.4 Å². The van der Waals surface area contributed by atoms with Crippen molar-refractivity contribution in [2.45, 2.75) is 0 Å². The molecule has 2 rings (SSSR count). The van der Waals surface area contributed by atoms with Crippen LogP contribution in [0.3, 0.4) is 0 Å². The molecule has 0 radical (unpaired) electrons. The second-order valence-electron chi connectivity index (χ2n) is 5.51. The Bertz CT molecular complexity index is 749. The number of nitrogens with one attached hydrogen (secondary N) is 3. The van der Waals surface area contributed by atoms with Crippen molar-refractivity contribution in [3.63, 3.8) is 0 Å². The van der Waals surface area contributed by atoms with E-state index >= 15 is 0 Å². The Morgan fingerprint density at radius 3 is 2.04 bits per heavy atom. The van der Waals surface area contributed by atoms with Crippen LogP contribution in [0, 0.1) is 5.82 Å². The van der Waals surface area contributed by atoms with Gasteiger partial charge in [-0.1, -0.05) is 29.3 Å². The Hall–Kier alpha value is -2.15. The zero-order chi connectivity index (χ0) is 18.4. The van der Waals surface area contributed by atoms with Gasteiger partial charge in [-0.2, -0.15) is 0 Å². The molecule has 2 aromatic carbocycles. The molecule has 0 fully saturated rings. The molecule has 0 bridgehead atoms. The highest BCUT2D eigenvalue weighted by Gasteiger charge is 2.16. The Labute approximate surface area is 154 Å². The van der Waals surface area contributed by atoms with Crippen molar-refractivity contribution in [3.05, 3.63) is 58.3 Å². The van der Waals surface area contributed by atoms with Crippen LogP contribution in [0.1, 0.15) is 0 Å². The van der Waals surface area contributed by atoms with Gasteiger partial charge in [0.25, 0.3) is 11.8 Å². The van der Waals surface area contributed by atoms with E-state index in [1.165, 1.54) is 24.3 Å². The van der Waals surface area contributed by atoms with E-state index in [4.69, 9.17) is 23.2 Å². The highest BCUT2D eigenvalue weighted by atomic mass is 35.5. The fourth-order valence-corrected chi connectivity index (χ4v) is 2.64. The molecule has 132 valence electrons. The van der Waals surface area contributed by atoms with Crippen molar-refractivity contribution in [2.75, 3.05) is 30.8 Å². The maximum Gasteiger partial charge on any atom is 0.279 e. The third-order valence-electron chi connectivity index (χ3n) is 3.28. The number of hydrogen-bond acceptors (Lipinski definition) is 2. The smallest absolute Gasteiger partial charge is 0.279 e. The van der Waals surface area contributed by atoms with Crippen LogP contribution in [0.25, 0.3) is 0 Å². The van der Waals surface area contributed by atoms with Crippen LogP contribution in [-0.4, -0.2) is 32.0 Å². The fourth-order valence-electron chi connectivity index (χ4n) is 2.15. The minimum atomic E-state index is -0.379. The lowest BCUT2D eigenvalue weighted by atomic mass is 10.3. The van der Waals surface area contributed by atoms with Gasteiger partial charge in [-0.05, 0) is 36.4 Å². The van der Waals surface area contributed by atoms with E-state index in [0.29, 0.717) is 26.3 Å². The van der Waals surface area contributed by atoms with Gasteiger partial charge >= 0.3 is 0 Å². The van der Waals surface area contributed by atoms with Crippen LogP contribution in [0.4, 0.5) is 15.8 Å². The van der Waals surface area contributed by atoms with E-state index in [1.807, 2.05) is 0 Å². The summed E-state index contributed by atoms with van der Waals surface area (Å²) in [5, 5.41) is 5.96. The molecule has 0 heterocycles. The topological polar surface area (TPSA) is 62.6 Å². The third-order valence-corrected chi connectivity index (χ3v) is 3.91. The second kappa shape index (κ2) is 8.80. The molecule has 0 saturated heterocycles. The molecule has 8 heteroatoms. The minimum absolute atomic E-state index is 0.0540. The third kappa shape index (κ3) is 6.01. The number of quaternary nitrogens is 1. The monoisotopic (exact) mass is 384 g/mol. The van der Waals surface area contributed by atoms with E-state index in [2.05, 4.69) is 10.6 Å². The first-order chi connectivity index (χ1) is 11.8. The number of carbonyl (C=O) groups is 2. The lowest BCUT2D eigenvalue weighted by Gasteiger charge is -2.14. The van der Waals surface area contributed by atoms with Crippen molar-refractivity contribution in [1.82, 2.24) is 0 Å². The molecular formula is C17H17Cl2FN3O2+. The first-order valence-electron chi connectivity index (χ1n) is 7.45. The largest absolute Gasteiger partial charge is 0.322 e. The number of para-hydroxylation sites is 1. The molecule has 0 aliphatic carbocycles. The predicted octanol–water partition coefficient (Wildman–Crippen LogP) is 2.22. The molecule has 0 aliphatic heterocycles. The second-order valence-corrected chi connectivity index (χ2v) is 6.32. The number of hydrogen-bond donors (Lipinski definition) is 3. The highest BCUT2D eigenvalue weighted by molar-refractivity contribution is 6.39. The quantitative estimate of drug-likeness (QED) is 0.714. The van der Waals surface area contributed by atoms with Gasteiger partial charge in [-0.25, -0.2) is 4.39 Å². The van der Waals surface area contributed by atoms with Crippen LogP contribution >= 0.6 is 23.2 Å². The van der Waals surface area contributed by atoms with Gasteiger partial charge in [-0.3, -0.25) is 9.59 Å². The van der Waals surface area contributed by atoms with Crippen molar-refractivity contribution in [3.8, 4) is 0 Å². The number of halogens is 3. The van der Waals surface area contributed by atoms with Gasteiger partial charge in [0, 0.05) is 5.69 Å². The zero-order valence-electron chi connectivity index (χ0n) is 13.4. The van der Waals surface area contributed by atoms with Crippen LogP contribution in [0.15, 0.2) is 42.5 Å². The average molecular weight is 385 g/mol. The van der Waals surface area contributed by atoms with Crippen molar-refractivity contribution in [1.29, 1.82) is 0 Å². The number of rotatable bonds is 6. The number of amides is 2. The van der Waals surface area contributed by atoms with Crippen LogP contribution in [-0.2, 0) is 9.59 Å². The Morgan fingerprint density at radius 2 is 1.48 bits per heavy atom. The molecule has 0 saturated carbocycles. The van der Waals surface area contributed by atoms with E-state index in [1.54, 1.807) is 25.2 Å². The van der Waals surface area contributed by atoms with Gasteiger partial charge in [0.05, 0.1) is 22.8 Å². The summed E-state index contributed by atoms with van der Waals surface area (Å²) in [4.78, 5) is 24.7. The summed E-state index contributed by atoms with van der Waals surface area (Å²) in [5.41, 5.74) is 0.839. The Kier molecular flexibility index (Phi) is 6.75. The molecule has 3 N–H and O–H groups in total. The lowest BCUT2D eigenvalue weighted by molar-refractivity contribution is -0.862. The van der Waals surface area contributed by atoms with E-state index in [9.17, 15) is 14.0 Å². The summed E-state index contributed by atoms with van der Waals surface area (Å²) in [6, 6.07) is 10.4. The summed E-state index contributed by atoms with van der Waals surface area (Å²) < 4.78 is 12.8. The van der Waals surface area contributed by atoms with Crippen LogP contribution in [0.5, 0.6) is 0 Å². The van der Waals surface area contributed by atoms with Crippen molar-refractivity contribution < 1.29 is 18.9 Å². The summed E-state index contributed by atoms with van der Waals surface area (Å²) in [6.45, 7) is 0.124. The van der Waals surface area contributed by atoms with Gasteiger partial charge < -0.3 is 15.5 Å². The Balaban J connectivity index is 1.84. The fraction of sp³-hybridized carbons (Fsp3) is 0.176. The number of carbonyl (C=O) groups excluding carboxylic acids is 2. The molecular weight excluding hydrogens is 368 g/mol. The molecule has 1 unspecified atom stereocenters. The van der Waals surface area contributed by atoms with Gasteiger partial charge in [-0.15, -0.1) is 0 Å². The van der Waals surface area contributed by atoms with Gasteiger partial charge in [0.15, 0.2) is 13.1 Å². The van der Waals surface area contributed by atoms with E-state index in [-0.39, 0.29) is 30.7 Å². The number of likely N-dealkylation sites (N-methyl/N-ethyl adjacent to an activating group) is 1. The van der Waals surface area contributed by atoms with Gasteiger partial charge in [0.1, 0.15) is 5.82 Å². The maximum atomic E-state index is 12.8. The summed E-state index contributed by atoms with van der Waals surface area (Å²) in [7, 11) is 1.71. The highest BCUT2D eigenvalue weighted by Crippen LogP contribution is 2.29. The predicted molar refractivity (Wildman–Crippen MR) is 96.7 cm³/mol. The SMILES string of the molecule is C[NH+](CC(=O)Nc1ccc(F)cc1)CC(=O)Nc1c(Cl)cccc1Cl. The first-order valence-corrected chi connectivity index (χ1v) is 8.21. The molecule has 0 aromatic heterocycles. The van der Waals surface area contributed by atoms with Crippen molar-refractivity contribution in [2.24, 2.45) is 0 Å². The number of anilines is 2.